The lowest BCUT2D eigenvalue weighted by Gasteiger charge is -2.11. The van der Waals surface area contributed by atoms with Gasteiger partial charge in [0.1, 0.15) is 0 Å². The molecule has 0 aliphatic heterocycles. The Morgan fingerprint density at radius 2 is 1.27 bits per heavy atom. The smallest absolute Gasteiger partial charge is 0.271 e. The van der Waals surface area contributed by atoms with Crippen LogP contribution in [0.5, 0.6) is 0 Å². The summed E-state index contributed by atoms with van der Waals surface area (Å²) in [6, 6.07) is 29.6. The maximum absolute atomic E-state index is 14.1. The number of anilines is 2. The first-order valence-corrected chi connectivity index (χ1v) is 23.4. The molecule has 4 heterocycles. The number of carbonyl (C=O) groups is 2. The molecule has 0 atom stereocenters. The highest BCUT2D eigenvalue weighted by molar-refractivity contribution is 8.00. The molecule has 0 saturated heterocycles. The molecule has 286 valence electrons. The van der Waals surface area contributed by atoms with Crippen molar-refractivity contribution in [2.75, 3.05) is 28.4 Å². The lowest BCUT2D eigenvalue weighted by atomic mass is 10.1. The van der Waals surface area contributed by atoms with E-state index in [-0.39, 0.29) is 44.3 Å². The van der Waals surface area contributed by atoms with Gasteiger partial charge in [0.05, 0.1) is 32.4 Å². The topological polar surface area (TPSA) is 188 Å². The Morgan fingerprint density at radius 1 is 0.661 bits per heavy atom. The van der Waals surface area contributed by atoms with Gasteiger partial charge in [-0.15, -0.1) is 43.1 Å². The van der Waals surface area contributed by atoms with Gasteiger partial charge in [0.15, 0.2) is 11.6 Å². The minimum absolute atomic E-state index is 0.0267. The summed E-state index contributed by atoms with van der Waals surface area (Å²) in [6.45, 7) is 1.86. The maximum atomic E-state index is 14.1. The lowest BCUT2D eigenvalue weighted by molar-refractivity contribution is -0.114. The van der Waals surface area contributed by atoms with Gasteiger partial charge in [0.2, 0.25) is 32.2 Å². The average molecular weight is 863 g/mol. The van der Waals surface area contributed by atoms with Crippen molar-refractivity contribution in [3.05, 3.63) is 114 Å². The number of nitrogens with one attached hydrogen (secondary N) is 2. The second-order valence-corrected chi connectivity index (χ2v) is 19.5. The third-order valence-corrected chi connectivity index (χ3v) is 14.6. The molecule has 7 aromatic rings. The summed E-state index contributed by atoms with van der Waals surface area (Å²) >= 11 is 4.51. The van der Waals surface area contributed by atoms with Crippen LogP contribution in [0.1, 0.15) is 5.56 Å². The van der Waals surface area contributed by atoms with E-state index in [1.807, 2.05) is 25.1 Å². The predicted octanol–water partition coefficient (Wildman–Crippen LogP) is 6.81. The number of aryl methyl sites for hydroxylation is 1. The fourth-order valence-corrected chi connectivity index (χ4v) is 11.4. The molecule has 4 aromatic heterocycles. The van der Waals surface area contributed by atoms with Crippen molar-refractivity contribution >= 4 is 89.4 Å². The van der Waals surface area contributed by atoms with Gasteiger partial charge in [-0.25, -0.2) is 16.8 Å². The third-order valence-electron chi connectivity index (χ3n) is 7.80. The number of rotatable bonds is 14. The number of thioether (sulfide) groups is 2. The molecule has 2 N–H and O–H groups in total. The Bertz CT molecular complexity index is 2750. The first-order valence-electron chi connectivity index (χ1n) is 16.5. The van der Waals surface area contributed by atoms with E-state index in [0.29, 0.717) is 21.1 Å². The molecule has 56 heavy (non-hydrogen) atoms. The Morgan fingerprint density at radius 3 is 1.91 bits per heavy atom. The number of amides is 2. The second-order valence-electron chi connectivity index (χ2n) is 12.0. The SMILES string of the molecule is Cc1ccc(S(=O)(=O)n2c(SCC(=O)Nc3ccccc3)nnc2-c2ccc(-c3cccc(NC(=O)CSc4nnc(-c5cccs5)n4S(C)(=O)=O)c3)s2)cc1. The maximum Gasteiger partial charge on any atom is 0.271 e. The van der Waals surface area contributed by atoms with Crippen LogP contribution >= 0.6 is 46.2 Å². The zero-order valence-electron chi connectivity index (χ0n) is 29.4. The number of hydrogen-bond acceptors (Lipinski definition) is 14. The van der Waals surface area contributed by atoms with Crippen molar-refractivity contribution in [1.82, 2.24) is 28.3 Å². The Labute approximate surface area is 338 Å². The molecule has 3 aromatic carbocycles. The third kappa shape index (κ3) is 8.79. The van der Waals surface area contributed by atoms with Gasteiger partial charge in [-0.1, -0.05) is 77.6 Å². The molecule has 0 spiro atoms. The number of aromatic nitrogens is 6. The zero-order valence-corrected chi connectivity index (χ0v) is 34.3. The van der Waals surface area contributed by atoms with Gasteiger partial charge < -0.3 is 10.6 Å². The van der Waals surface area contributed by atoms with Gasteiger partial charge in [-0.3, -0.25) is 9.59 Å². The second kappa shape index (κ2) is 16.5. The summed E-state index contributed by atoms with van der Waals surface area (Å²) in [5.74, 6) is -0.715. The Balaban J connectivity index is 1.10. The van der Waals surface area contributed by atoms with E-state index in [9.17, 15) is 26.4 Å². The van der Waals surface area contributed by atoms with Crippen LogP contribution in [0, 0.1) is 6.92 Å². The van der Waals surface area contributed by atoms with E-state index in [2.05, 4.69) is 31.0 Å². The summed E-state index contributed by atoms with van der Waals surface area (Å²) < 4.78 is 55.6. The highest BCUT2D eigenvalue weighted by atomic mass is 32.2. The summed E-state index contributed by atoms with van der Waals surface area (Å²) in [4.78, 5) is 27.8. The van der Waals surface area contributed by atoms with Crippen molar-refractivity contribution in [2.24, 2.45) is 0 Å². The number of thiophene rings is 2. The van der Waals surface area contributed by atoms with Gasteiger partial charge in [-0.2, -0.15) is 7.94 Å². The molecule has 0 fully saturated rings. The summed E-state index contributed by atoms with van der Waals surface area (Å²) in [6.07, 6.45) is 1.05. The predicted molar refractivity (Wildman–Crippen MR) is 221 cm³/mol. The van der Waals surface area contributed by atoms with Crippen LogP contribution in [0.4, 0.5) is 11.4 Å². The first kappa shape index (κ1) is 39.1. The van der Waals surface area contributed by atoms with E-state index < -0.39 is 26.0 Å². The standard InChI is InChI=1S/C36H30N8O6S6/c1-23-13-15-27(16-14-23)56(49,50)44-34(40-42-36(44)53-21-31(45)37-25-9-4-3-5-10-25)30-18-17-28(54-30)24-8-6-11-26(20-24)38-32(46)22-52-35-41-39-33(29-12-7-19-51-29)43(35)55(2,47)48/h3-20H,21-22H2,1-2H3,(H,37,45)(H,38,46). The van der Waals surface area contributed by atoms with E-state index in [1.165, 1.54) is 34.8 Å². The van der Waals surface area contributed by atoms with Crippen LogP contribution in [-0.4, -0.2) is 74.8 Å². The minimum atomic E-state index is -4.20. The van der Waals surface area contributed by atoms with E-state index in [0.717, 1.165) is 53.7 Å². The normalized spacial score (nSPS) is 11.8. The van der Waals surface area contributed by atoms with Crippen LogP contribution in [0.2, 0.25) is 0 Å². The van der Waals surface area contributed by atoms with Crippen molar-refractivity contribution < 1.29 is 26.4 Å². The van der Waals surface area contributed by atoms with E-state index >= 15 is 0 Å². The Hall–Kier alpha value is -5.12. The average Bonchev–Trinajstić information content (AvgIpc) is 4.00. The number of benzene rings is 3. The Kier molecular flexibility index (Phi) is 11.6. The van der Waals surface area contributed by atoms with Crippen molar-refractivity contribution in [1.29, 1.82) is 0 Å². The van der Waals surface area contributed by atoms with Crippen LogP contribution in [0.15, 0.2) is 124 Å². The number of nitrogens with zero attached hydrogens (tertiary/aromatic N) is 6. The molecular weight excluding hydrogens is 833 g/mol. The fraction of sp³-hybridized carbons (Fsp3) is 0.111. The molecule has 20 heteroatoms. The molecule has 0 aliphatic carbocycles. The molecule has 2 amide bonds. The fourth-order valence-electron chi connectivity index (χ4n) is 5.27. The molecule has 0 unspecified atom stereocenters. The quantitative estimate of drug-likeness (QED) is 0.109. The minimum Gasteiger partial charge on any atom is -0.325 e. The van der Waals surface area contributed by atoms with E-state index in [4.69, 9.17) is 0 Å². The van der Waals surface area contributed by atoms with Gasteiger partial charge in [0.25, 0.3) is 10.0 Å². The highest BCUT2D eigenvalue weighted by Crippen LogP contribution is 2.37. The lowest BCUT2D eigenvalue weighted by Crippen LogP contribution is -2.17. The summed E-state index contributed by atoms with van der Waals surface area (Å²) in [5.41, 5.74) is 2.73. The van der Waals surface area contributed by atoms with Crippen molar-refractivity contribution in [3.63, 3.8) is 0 Å². The number of hydrogen-bond donors (Lipinski definition) is 2. The zero-order chi connectivity index (χ0) is 39.5. The first-order chi connectivity index (χ1) is 26.9. The van der Waals surface area contributed by atoms with Crippen LogP contribution in [0.25, 0.3) is 31.8 Å². The molecule has 0 aliphatic rings. The molecular formula is C36H30N8O6S6. The van der Waals surface area contributed by atoms with E-state index in [1.54, 1.807) is 78.2 Å². The summed E-state index contributed by atoms with van der Waals surface area (Å²) in [7, 11) is -7.96. The molecule has 0 bridgehead atoms. The summed E-state index contributed by atoms with van der Waals surface area (Å²) in [5, 5.41) is 24.1. The molecule has 0 radical (unpaired) electrons. The number of para-hydroxylation sites is 1. The van der Waals surface area contributed by atoms with Gasteiger partial charge in [0, 0.05) is 16.3 Å². The van der Waals surface area contributed by atoms with Crippen LogP contribution < -0.4 is 10.6 Å². The molecule has 7 rings (SSSR count). The van der Waals surface area contributed by atoms with Crippen molar-refractivity contribution in [3.8, 4) is 31.8 Å². The number of carbonyl (C=O) groups excluding carboxylic acids is 2. The largest absolute Gasteiger partial charge is 0.325 e. The monoisotopic (exact) mass is 862 g/mol. The molecule has 14 nitrogen and oxygen atoms in total. The van der Waals surface area contributed by atoms with Gasteiger partial charge >= 0.3 is 0 Å². The highest BCUT2D eigenvalue weighted by Gasteiger charge is 2.29. The van der Waals surface area contributed by atoms with Crippen molar-refractivity contribution in [2.45, 2.75) is 22.1 Å². The van der Waals surface area contributed by atoms with Crippen LogP contribution in [-0.2, 0) is 29.6 Å². The van der Waals surface area contributed by atoms with Crippen LogP contribution in [0.3, 0.4) is 0 Å². The van der Waals surface area contributed by atoms with Gasteiger partial charge in [-0.05, 0) is 72.5 Å². The molecule has 0 saturated carbocycles.